The largest absolute Gasteiger partial charge is 0.494 e. The standard InChI is InChI=1S/C25H24F2N2O2/c1-16-12-19(18-6-8-20(26)9-7-18)15-22(28-16)23-4-3-11-29(23)25(30)14-17-5-10-24(31-2)21(27)13-17/h5-10,12-13,15,23H,3-4,11,14H2,1-2H3/t23-/m1/s1. The van der Waals surface area contributed by atoms with Crippen molar-refractivity contribution in [3.05, 3.63) is 83.2 Å². The summed E-state index contributed by atoms with van der Waals surface area (Å²) in [5.41, 5.74) is 4.12. The van der Waals surface area contributed by atoms with Gasteiger partial charge in [-0.25, -0.2) is 8.78 Å². The summed E-state index contributed by atoms with van der Waals surface area (Å²) in [5.74, 6) is -0.654. The van der Waals surface area contributed by atoms with E-state index in [1.807, 2.05) is 24.0 Å². The van der Waals surface area contributed by atoms with E-state index in [1.165, 1.54) is 31.4 Å². The molecular formula is C25H24F2N2O2. The first kappa shape index (κ1) is 21.0. The maximum Gasteiger partial charge on any atom is 0.227 e. The number of halogens is 2. The maximum absolute atomic E-state index is 14.0. The van der Waals surface area contributed by atoms with Crippen LogP contribution in [-0.2, 0) is 11.2 Å². The molecule has 0 aliphatic carbocycles. The van der Waals surface area contributed by atoms with Crippen LogP contribution in [0.5, 0.6) is 5.75 Å². The molecule has 1 aliphatic heterocycles. The number of carbonyl (C=O) groups is 1. The number of rotatable bonds is 5. The molecule has 0 saturated carbocycles. The number of hydrogen-bond donors (Lipinski definition) is 0. The molecule has 6 heteroatoms. The molecule has 4 nitrogen and oxygen atoms in total. The fourth-order valence-electron chi connectivity index (χ4n) is 4.14. The van der Waals surface area contributed by atoms with Crippen molar-refractivity contribution < 1.29 is 18.3 Å². The number of hydrogen-bond acceptors (Lipinski definition) is 3. The van der Waals surface area contributed by atoms with E-state index < -0.39 is 5.82 Å². The van der Waals surface area contributed by atoms with E-state index in [0.717, 1.165) is 35.4 Å². The number of aryl methyl sites for hydroxylation is 1. The first-order valence-corrected chi connectivity index (χ1v) is 10.3. The van der Waals surface area contributed by atoms with Crippen LogP contribution in [0.1, 0.15) is 35.8 Å². The van der Waals surface area contributed by atoms with E-state index in [-0.39, 0.29) is 29.9 Å². The predicted molar refractivity (Wildman–Crippen MR) is 115 cm³/mol. The molecule has 160 valence electrons. The Morgan fingerprint density at radius 1 is 1.10 bits per heavy atom. The zero-order chi connectivity index (χ0) is 22.0. The van der Waals surface area contributed by atoms with Gasteiger partial charge in [0.1, 0.15) is 5.82 Å². The molecule has 0 bridgehead atoms. The highest BCUT2D eigenvalue weighted by molar-refractivity contribution is 5.79. The van der Waals surface area contributed by atoms with Gasteiger partial charge in [0.15, 0.2) is 11.6 Å². The first-order valence-electron chi connectivity index (χ1n) is 10.3. The Bertz CT molecular complexity index is 1100. The molecule has 1 fully saturated rings. The van der Waals surface area contributed by atoms with Crippen LogP contribution in [0.2, 0.25) is 0 Å². The van der Waals surface area contributed by atoms with Crippen LogP contribution in [0.4, 0.5) is 8.78 Å². The molecule has 1 amide bonds. The third kappa shape index (κ3) is 4.58. The van der Waals surface area contributed by atoms with Crippen LogP contribution < -0.4 is 4.74 Å². The van der Waals surface area contributed by atoms with Crippen molar-refractivity contribution >= 4 is 5.91 Å². The SMILES string of the molecule is COc1ccc(CC(=O)N2CCC[C@@H]2c2cc(-c3ccc(F)cc3)cc(C)n2)cc1F. The Kier molecular flexibility index (Phi) is 5.98. The zero-order valence-electron chi connectivity index (χ0n) is 17.6. The second-order valence-corrected chi connectivity index (χ2v) is 7.82. The average Bonchev–Trinajstić information content (AvgIpc) is 3.24. The number of ether oxygens (including phenoxy) is 1. The topological polar surface area (TPSA) is 42.4 Å². The van der Waals surface area contributed by atoms with Crippen molar-refractivity contribution in [3.8, 4) is 16.9 Å². The minimum absolute atomic E-state index is 0.0568. The Balaban J connectivity index is 1.57. The molecule has 1 saturated heterocycles. The van der Waals surface area contributed by atoms with Gasteiger partial charge in [-0.1, -0.05) is 18.2 Å². The highest BCUT2D eigenvalue weighted by Gasteiger charge is 2.31. The summed E-state index contributed by atoms with van der Waals surface area (Å²) < 4.78 is 32.3. The second kappa shape index (κ2) is 8.84. The van der Waals surface area contributed by atoms with Crippen LogP contribution in [0.3, 0.4) is 0 Å². The molecule has 2 aromatic carbocycles. The van der Waals surface area contributed by atoms with E-state index >= 15 is 0 Å². The monoisotopic (exact) mass is 422 g/mol. The molecule has 1 atom stereocenters. The van der Waals surface area contributed by atoms with Crippen LogP contribution >= 0.6 is 0 Å². The Hall–Kier alpha value is -3.28. The Morgan fingerprint density at radius 2 is 1.87 bits per heavy atom. The zero-order valence-corrected chi connectivity index (χ0v) is 17.6. The van der Waals surface area contributed by atoms with Gasteiger partial charge >= 0.3 is 0 Å². The number of aromatic nitrogens is 1. The van der Waals surface area contributed by atoms with E-state index in [2.05, 4.69) is 0 Å². The number of likely N-dealkylation sites (tertiary alicyclic amines) is 1. The molecule has 0 unspecified atom stereocenters. The summed E-state index contributed by atoms with van der Waals surface area (Å²) in [6.45, 7) is 2.56. The van der Waals surface area contributed by atoms with Gasteiger partial charge < -0.3 is 9.64 Å². The molecule has 31 heavy (non-hydrogen) atoms. The summed E-state index contributed by atoms with van der Waals surface area (Å²) in [5, 5.41) is 0. The highest BCUT2D eigenvalue weighted by atomic mass is 19.1. The van der Waals surface area contributed by atoms with Gasteiger partial charge in [-0.2, -0.15) is 0 Å². The number of methoxy groups -OCH3 is 1. The number of amides is 1. The molecule has 1 aromatic heterocycles. The smallest absolute Gasteiger partial charge is 0.227 e. The van der Waals surface area contributed by atoms with Gasteiger partial charge in [0.2, 0.25) is 5.91 Å². The summed E-state index contributed by atoms with van der Waals surface area (Å²) >= 11 is 0. The Labute approximate surface area is 180 Å². The van der Waals surface area contributed by atoms with E-state index in [4.69, 9.17) is 9.72 Å². The highest BCUT2D eigenvalue weighted by Crippen LogP contribution is 2.34. The van der Waals surface area contributed by atoms with Gasteiger partial charge in [-0.15, -0.1) is 0 Å². The Morgan fingerprint density at radius 3 is 2.58 bits per heavy atom. The lowest BCUT2D eigenvalue weighted by Crippen LogP contribution is -2.32. The quantitative estimate of drug-likeness (QED) is 0.564. The first-order chi connectivity index (χ1) is 14.9. The predicted octanol–water partition coefficient (Wildman–Crippen LogP) is 5.25. The lowest BCUT2D eigenvalue weighted by atomic mass is 10.0. The molecule has 0 N–H and O–H groups in total. The number of benzene rings is 2. The van der Waals surface area contributed by atoms with Gasteiger partial charge in [0.25, 0.3) is 0 Å². The minimum Gasteiger partial charge on any atom is -0.494 e. The summed E-state index contributed by atoms with van der Waals surface area (Å²) in [6, 6.07) is 14.7. The van der Waals surface area contributed by atoms with Crippen molar-refractivity contribution in [3.63, 3.8) is 0 Å². The number of nitrogens with zero attached hydrogens (tertiary/aromatic N) is 2. The molecule has 3 aromatic rings. The van der Waals surface area contributed by atoms with Crippen LogP contribution in [0.15, 0.2) is 54.6 Å². The second-order valence-electron chi connectivity index (χ2n) is 7.82. The number of pyridine rings is 1. The summed E-state index contributed by atoms with van der Waals surface area (Å²) in [7, 11) is 1.41. The van der Waals surface area contributed by atoms with Crippen LogP contribution in [0.25, 0.3) is 11.1 Å². The fraction of sp³-hybridized carbons (Fsp3) is 0.280. The average molecular weight is 422 g/mol. The lowest BCUT2D eigenvalue weighted by Gasteiger charge is -2.25. The van der Waals surface area contributed by atoms with E-state index in [0.29, 0.717) is 12.1 Å². The molecule has 0 radical (unpaired) electrons. The maximum atomic E-state index is 14.0. The van der Waals surface area contributed by atoms with Crippen molar-refractivity contribution in [2.75, 3.05) is 13.7 Å². The van der Waals surface area contributed by atoms with E-state index in [1.54, 1.807) is 18.2 Å². The van der Waals surface area contributed by atoms with Crippen molar-refractivity contribution in [1.29, 1.82) is 0 Å². The summed E-state index contributed by atoms with van der Waals surface area (Å²) in [6.07, 6.45) is 1.82. The molecule has 2 heterocycles. The molecule has 1 aliphatic rings. The van der Waals surface area contributed by atoms with Crippen molar-refractivity contribution in [2.24, 2.45) is 0 Å². The normalized spacial score (nSPS) is 15.9. The van der Waals surface area contributed by atoms with Gasteiger partial charge in [0, 0.05) is 12.2 Å². The van der Waals surface area contributed by atoms with Gasteiger partial charge in [0.05, 0.1) is 25.3 Å². The van der Waals surface area contributed by atoms with Gasteiger partial charge in [-0.3, -0.25) is 9.78 Å². The number of carbonyl (C=O) groups excluding carboxylic acids is 1. The van der Waals surface area contributed by atoms with Crippen molar-refractivity contribution in [1.82, 2.24) is 9.88 Å². The van der Waals surface area contributed by atoms with Gasteiger partial charge in [-0.05, 0) is 72.9 Å². The third-order valence-corrected chi connectivity index (χ3v) is 5.64. The molecular weight excluding hydrogens is 398 g/mol. The van der Waals surface area contributed by atoms with Crippen LogP contribution in [0, 0.1) is 18.6 Å². The summed E-state index contributed by atoms with van der Waals surface area (Å²) in [4.78, 5) is 19.6. The van der Waals surface area contributed by atoms with E-state index in [9.17, 15) is 13.6 Å². The van der Waals surface area contributed by atoms with Crippen LogP contribution in [-0.4, -0.2) is 29.4 Å². The van der Waals surface area contributed by atoms with Crippen molar-refractivity contribution in [2.45, 2.75) is 32.2 Å². The third-order valence-electron chi connectivity index (χ3n) is 5.64. The molecule has 4 rings (SSSR count). The molecule has 0 spiro atoms. The minimum atomic E-state index is -0.477. The fourth-order valence-corrected chi connectivity index (χ4v) is 4.14. The lowest BCUT2D eigenvalue weighted by molar-refractivity contribution is -0.131.